The molecule has 3 amide bonds. The van der Waals surface area contributed by atoms with E-state index in [-0.39, 0.29) is 11.9 Å². The molecule has 8 nitrogen and oxygen atoms in total. The van der Waals surface area contributed by atoms with Crippen LogP contribution in [0.2, 0.25) is 0 Å². The molecule has 0 saturated heterocycles. The molecule has 0 aromatic carbocycles. The second-order valence-electron chi connectivity index (χ2n) is 6.58. The van der Waals surface area contributed by atoms with Gasteiger partial charge in [0.25, 0.3) is 0 Å². The lowest BCUT2D eigenvalue weighted by Gasteiger charge is -2.29. The molecule has 0 bridgehead atoms. The summed E-state index contributed by atoms with van der Waals surface area (Å²) in [7, 11) is 3.50. The zero-order chi connectivity index (χ0) is 18.5. The molecule has 0 radical (unpaired) electrons. The quantitative estimate of drug-likeness (QED) is 0.867. The first-order valence-corrected chi connectivity index (χ1v) is 8.70. The first-order chi connectivity index (χ1) is 12.5. The standard InChI is InChI=1S/C18H24N6O2/c1-22(2)18(26)23-9-10-24-16(13-23)11-15(21-24)12-20-17(25)4-3-14-5-7-19-8-6-14/h5-8,11H,3-4,9-10,12-13H2,1-2H3,(H,20,25). The predicted octanol–water partition coefficient (Wildman–Crippen LogP) is 1.02. The highest BCUT2D eigenvalue weighted by Crippen LogP contribution is 2.15. The maximum Gasteiger partial charge on any atom is 0.319 e. The molecule has 138 valence electrons. The maximum absolute atomic E-state index is 12.1. The van der Waals surface area contributed by atoms with Crippen molar-refractivity contribution < 1.29 is 9.59 Å². The van der Waals surface area contributed by atoms with Crippen LogP contribution in [-0.2, 0) is 30.8 Å². The van der Waals surface area contributed by atoms with Crippen molar-refractivity contribution >= 4 is 11.9 Å². The summed E-state index contributed by atoms with van der Waals surface area (Å²) in [4.78, 5) is 31.5. The van der Waals surface area contributed by atoms with Gasteiger partial charge in [0.15, 0.2) is 0 Å². The first kappa shape index (κ1) is 17.9. The molecular formula is C18H24N6O2. The van der Waals surface area contributed by atoms with E-state index < -0.39 is 0 Å². The highest BCUT2D eigenvalue weighted by atomic mass is 16.2. The summed E-state index contributed by atoms with van der Waals surface area (Å²) in [6, 6.07) is 5.79. The molecule has 1 aliphatic heterocycles. The van der Waals surface area contributed by atoms with Crippen LogP contribution < -0.4 is 5.32 Å². The molecule has 1 aliphatic rings. The molecule has 2 aromatic rings. The van der Waals surface area contributed by atoms with Crippen LogP contribution in [0.1, 0.15) is 23.4 Å². The van der Waals surface area contributed by atoms with Crippen LogP contribution in [0.25, 0.3) is 0 Å². The minimum Gasteiger partial charge on any atom is -0.350 e. The van der Waals surface area contributed by atoms with Gasteiger partial charge in [-0.15, -0.1) is 0 Å². The zero-order valence-electron chi connectivity index (χ0n) is 15.2. The van der Waals surface area contributed by atoms with Crippen molar-refractivity contribution in [2.75, 3.05) is 20.6 Å². The van der Waals surface area contributed by atoms with Gasteiger partial charge < -0.3 is 15.1 Å². The number of nitrogens with one attached hydrogen (secondary N) is 1. The van der Waals surface area contributed by atoms with E-state index in [0.29, 0.717) is 39.0 Å². The maximum atomic E-state index is 12.1. The van der Waals surface area contributed by atoms with Crippen LogP contribution in [0.3, 0.4) is 0 Å². The number of hydrogen-bond donors (Lipinski definition) is 1. The second-order valence-corrected chi connectivity index (χ2v) is 6.58. The Morgan fingerprint density at radius 2 is 2.00 bits per heavy atom. The molecule has 3 rings (SSSR count). The van der Waals surface area contributed by atoms with Crippen molar-refractivity contribution in [3.63, 3.8) is 0 Å². The van der Waals surface area contributed by atoms with Gasteiger partial charge >= 0.3 is 6.03 Å². The number of pyridine rings is 1. The minimum absolute atomic E-state index is 0.00260. The number of aromatic nitrogens is 3. The summed E-state index contributed by atoms with van der Waals surface area (Å²) in [6.07, 6.45) is 4.58. The van der Waals surface area contributed by atoms with E-state index in [2.05, 4.69) is 15.4 Å². The number of hydrogen-bond acceptors (Lipinski definition) is 4. The number of fused-ring (bicyclic) bond motifs is 1. The van der Waals surface area contributed by atoms with Crippen LogP contribution >= 0.6 is 0 Å². The lowest BCUT2D eigenvalue weighted by molar-refractivity contribution is -0.121. The number of aryl methyl sites for hydroxylation is 1. The van der Waals surface area contributed by atoms with Gasteiger partial charge in [0.1, 0.15) is 0 Å². The van der Waals surface area contributed by atoms with Crippen LogP contribution in [0, 0.1) is 0 Å². The van der Waals surface area contributed by atoms with E-state index in [0.717, 1.165) is 17.0 Å². The first-order valence-electron chi connectivity index (χ1n) is 8.70. The predicted molar refractivity (Wildman–Crippen MR) is 96.1 cm³/mol. The molecule has 8 heteroatoms. The van der Waals surface area contributed by atoms with Crippen molar-refractivity contribution in [3.05, 3.63) is 47.5 Å². The number of amides is 3. The fraction of sp³-hybridized carbons (Fsp3) is 0.444. The molecular weight excluding hydrogens is 332 g/mol. The van der Waals surface area contributed by atoms with Gasteiger partial charge in [0.05, 0.1) is 31.0 Å². The molecule has 0 unspecified atom stereocenters. The summed E-state index contributed by atoms with van der Waals surface area (Å²) in [5.74, 6) is -0.00260. The van der Waals surface area contributed by atoms with Gasteiger partial charge in [-0.3, -0.25) is 14.5 Å². The monoisotopic (exact) mass is 356 g/mol. The Labute approximate surface area is 152 Å². The van der Waals surface area contributed by atoms with Crippen molar-refractivity contribution in [2.24, 2.45) is 0 Å². The van der Waals surface area contributed by atoms with Gasteiger partial charge in [-0.1, -0.05) is 0 Å². The number of nitrogens with zero attached hydrogens (tertiary/aromatic N) is 5. The Bertz CT molecular complexity index is 771. The summed E-state index contributed by atoms with van der Waals surface area (Å²) >= 11 is 0. The van der Waals surface area contributed by atoms with E-state index in [1.807, 2.05) is 22.9 Å². The smallest absolute Gasteiger partial charge is 0.319 e. The fourth-order valence-electron chi connectivity index (χ4n) is 2.94. The van der Waals surface area contributed by atoms with Crippen LogP contribution in [0.15, 0.2) is 30.6 Å². The van der Waals surface area contributed by atoms with E-state index in [1.54, 1.807) is 36.3 Å². The summed E-state index contributed by atoms with van der Waals surface area (Å²) in [6.45, 7) is 2.26. The number of carbonyl (C=O) groups is 2. The van der Waals surface area contributed by atoms with Gasteiger partial charge in [0, 0.05) is 39.5 Å². The van der Waals surface area contributed by atoms with Crippen molar-refractivity contribution in [3.8, 4) is 0 Å². The van der Waals surface area contributed by atoms with Crippen LogP contribution in [0.4, 0.5) is 4.79 Å². The third kappa shape index (κ3) is 4.38. The van der Waals surface area contributed by atoms with Crippen molar-refractivity contribution in [2.45, 2.75) is 32.5 Å². The Morgan fingerprint density at radius 1 is 1.23 bits per heavy atom. The largest absolute Gasteiger partial charge is 0.350 e. The summed E-state index contributed by atoms with van der Waals surface area (Å²) in [5.41, 5.74) is 2.90. The molecule has 0 atom stereocenters. The van der Waals surface area contributed by atoms with E-state index in [9.17, 15) is 9.59 Å². The van der Waals surface area contributed by atoms with Gasteiger partial charge in [-0.2, -0.15) is 5.10 Å². The highest BCUT2D eigenvalue weighted by Gasteiger charge is 2.23. The van der Waals surface area contributed by atoms with E-state index in [1.165, 1.54) is 0 Å². The van der Waals surface area contributed by atoms with Gasteiger partial charge in [-0.25, -0.2) is 4.79 Å². The topological polar surface area (TPSA) is 83.4 Å². The average Bonchev–Trinajstić information content (AvgIpc) is 3.07. The molecule has 0 spiro atoms. The van der Waals surface area contributed by atoms with Gasteiger partial charge in [-0.05, 0) is 30.2 Å². The molecule has 26 heavy (non-hydrogen) atoms. The highest BCUT2D eigenvalue weighted by molar-refractivity contribution is 5.76. The number of urea groups is 1. The molecule has 0 fully saturated rings. The zero-order valence-corrected chi connectivity index (χ0v) is 15.2. The van der Waals surface area contributed by atoms with Crippen LogP contribution in [0.5, 0.6) is 0 Å². The Balaban J connectivity index is 1.49. The third-order valence-corrected chi connectivity index (χ3v) is 4.36. The number of carbonyl (C=O) groups excluding carboxylic acids is 2. The molecule has 1 N–H and O–H groups in total. The van der Waals surface area contributed by atoms with Crippen molar-refractivity contribution in [1.29, 1.82) is 0 Å². The average molecular weight is 356 g/mol. The fourth-order valence-corrected chi connectivity index (χ4v) is 2.94. The van der Waals surface area contributed by atoms with Crippen molar-refractivity contribution in [1.82, 2.24) is 29.9 Å². The lowest BCUT2D eigenvalue weighted by Crippen LogP contribution is -2.43. The number of rotatable bonds is 5. The molecule has 0 saturated carbocycles. The Hall–Kier alpha value is -2.90. The van der Waals surface area contributed by atoms with Gasteiger partial charge in [0.2, 0.25) is 5.91 Å². The van der Waals surface area contributed by atoms with E-state index >= 15 is 0 Å². The van der Waals surface area contributed by atoms with Crippen LogP contribution in [-0.4, -0.2) is 57.1 Å². The molecule has 3 heterocycles. The summed E-state index contributed by atoms with van der Waals surface area (Å²) < 4.78 is 1.91. The molecule has 0 aliphatic carbocycles. The SMILES string of the molecule is CN(C)C(=O)N1CCn2nc(CNC(=O)CCc3ccncc3)cc2C1. The third-order valence-electron chi connectivity index (χ3n) is 4.36. The Morgan fingerprint density at radius 3 is 2.73 bits per heavy atom. The lowest BCUT2D eigenvalue weighted by atomic mass is 10.1. The Kier molecular flexibility index (Phi) is 5.50. The normalized spacial score (nSPS) is 13.2. The summed E-state index contributed by atoms with van der Waals surface area (Å²) in [5, 5.41) is 7.43. The van der Waals surface area contributed by atoms with E-state index in [4.69, 9.17) is 0 Å². The molecule has 2 aromatic heterocycles. The minimum atomic E-state index is -0.00260. The second kappa shape index (κ2) is 7.99.